The van der Waals surface area contributed by atoms with Gasteiger partial charge in [0.2, 0.25) is 0 Å². The predicted octanol–water partition coefficient (Wildman–Crippen LogP) is 5.27. The first-order valence-corrected chi connectivity index (χ1v) is 10.5. The van der Waals surface area contributed by atoms with Gasteiger partial charge < -0.3 is 9.30 Å². The molecule has 0 radical (unpaired) electrons. The number of halogens is 3. The van der Waals surface area contributed by atoms with Crippen LogP contribution in [-0.2, 0) is 17.3 Å². The van der Waals surface area contributed by atoms with E-state index in [1.807, 2.05) is 13.0 Å². The van der Waals surface area contributed by atoms with E-state index in [-0.39, 0.29) is 18.6 Å². The van der Waals surface area contributed by atoms with Crippen LogP contribution in [0, 0.1) is 6.57 Å². The fraction of sp³-hybridized carbons (Fsp3) is 0.348. The van der Waals surface area contributed by atoms with Crippen LogP contribution in [-0.4, -0.2) is 37.2 Å². The number of rotatable bonds is 3. The fourth-order valence-corrected chi connectivity index (χ4v) is 4.36. The van der Waals surface area contributed by atoms with Crippen molar-refractivity contribution < 1.29 is 17.9 Å². The molecule has 10 heteroatoms. The monoisotopic (exact) mass is 452 g/mol. The maximum Gasteiger partial charge on any atom is 0.434 e. The molecular formula is C23H19F3N6O. The molecule has 1 saturated heterocycles. The minimum Gasteiger partial charge on any atom is -0.378 e. The molecule has 4 heterocycles. The van der Waals surface area contributed by atoms with Gasteiger partial charge in [-0.1, -0.05) is 6.07 Å². The first-order chi connectivity index (χ1) is 15.8. The van der Waals surface area contributed by atoms with Crippen LogP contribution in [0.25, 0.3) is 26.8 Å². The molecule has 3 aromatic heterocycles. The quantitative estimate of drug-likeness (QED) is 0.396. The second-order valence-corrected chi connectivity index (χ2v) is 8.13. The molecule has 7 nitrogen and oxygen atoms in total. The number of hydrogen-bond donors (Lipinski definition) is 0. The number of aromatic nitrogens is 5. The molecular weight excluding hydrogens is 433 g/mol. The normalized spacial score (nSPS) is 19.1. The molecule has 33 heavy (non-hydrogen) atoms. The molecule has 0 N–H and O–H groups in total. The second-order valence-electron chi connectivity index (χ2n) is 8.13. The lowest BCUT2D eigenvalue weighted by Gasteiger charge is -2.30. The standard InChI is InChI=1S/C23H19F3N6O/c1-13-7-16(5-6-33-13)32-21(9-15-10-30-20(12-28-15)23(24,25)26)31-19-11-29-18-4-3-14(27-2)8-17(18)22(19)32/h3-4,8,10-13,16H,5-7,9H2,1H3/t13-,16-/m1/s1. The average molecular weight is 452 g/mol. The molecule has 0 amide bonds. The Hall–Kier alpha value is -3.58. The van der Waals surface area contributed by atoms with Crippen LogP contribution in [0.15, 0.2) is 36.8 Å². The van der Waals surface area contributed by atoms with E-state index < -0.39 is 11.9 Å². The van der Waals surface area contributed by atoms with Gasteiger partial charge in [-0.15, -0.1) is 0 Å². The zero-order valence-electron chi connectivity index (χ0n) is 17.7. The summed E-state index contributed by atoms with van der Waals surface area (Å²) in [7, 11) is 0. The number of ether oxygens (including phenoxy) is 1. The third-order valence-corrected chi connectivity index (χ3v) is 5.86. The van der Waals surface area contributed by atoms with E-state index in [1.54, 1.807) is 18.3 Å². The number of hydrogen-bond acceptors (Lipinski definition) is 5. The van der Waals surface area contributed by atoms with Crippen molar-refractivity contribution in [3.63, 3.8) is 0 Å². The Morgan fingerprint density at radius 1 is 1.15 bits per heavy atom. The number of pyridine rings is 1. The first kappa shape index (κ1) is 21.3. The summed E-state index contributed by atoms with van der Waals surface area (Å²) in [5, 5.41) is 0.817. The number of alkyl halides is 3. The van der Waals surface area contributed by atoms with Crippen molar-refractivity contribution in [2.24, 2.45) is 0 Å². The van der Waals surface area contributed by atoms with Gasteiger partial charge in [0.15, 0.2) is 11.4 Å². The highest BCUT2D eigenvalue weighted by Gasteiger charge is 2.33. The summed E-state index contributed by atoms with van der Waals surface area (Å²) in [6.45, 7) is 10.0. The van der Waals surface area contributed by atoms with Gasteiger partial charge in [-0.3, -0.25) is 9.97 Å². The van der Waals surface area contributed by atoms with E-state index in [4.69, 9.17) is 16.3 Å². The Morgan fingerprint density at radius 3 is 2.70 bits per heavy atom. The number of fused-ring (bicyclic) bond motifs is 3. The maximum absolute atomic E-state index is 12.9. The van der Waals surface area contributed by atoms with E-state index in [0.29, 0.717) is 29.3 Å². The minimum absolute atomic E-state index is 0.0619. The molecule has 2 atom stereocenters. The molecule has 1 fully saturated rings. The molecule has 0 saturated carbocycles. The van der Waals surface area contributed by atoms with Gasteiger partial charge in [0.05, 0.1) is 41.8 Å². The van der Waals surface area contributed by atoms with Crippen molar-refractivity contribution in [3.8, 4) is 0 Å². The summed E-state index contributed by atoms with van der Waals surface area (Å²) in [6.07, 6.45) is 0.863. The summed E-state index contributed by atoms with van der Waals surface area (Å²) >= 11 is 0. The van der Waals surface area contributed by atoms with Crippen LogP contribution in [0.1, 0.15) is 43.0 Å². The highest BCUT2D eigenvalue weighted by Crippen LogP contribution is 2.35. The van der Waals surface area contributed by atoms with E-state index in [9.17, 15) is 13.2 Å². The van der Waals surface area contributed by atoms with E-state index >= 15 is 0 Å². The summed E-state index contributed by atoms with van der Waals surface area (Å²) < 4.78 is 46.5. The Labute approximate surface area is 187 Å². The molecule has 4 aromatic rings. The van der Waals surface area contributed by atoms with Crippen LogP contribution in [0.4, 0.5) is 18.9 Å². The number of nitrogens with zero attached hydrogens (tertiary/aromatic N) is 6. The zero-order chi connectivity index (χ0) is 23.2. The van der Waals surface area contributed by atoms with Gasteiger partial charge in [0.1, 0.15) is 11.3 Å². The fourth-order valence-electron chi connectivity index (χ4n) is 4.36. The van der Waals surface area contributed by atoms with Crippen molar-refractivity contribution in [2.75, 3.05) is 6.61 Å². The summed E-state index contributed by atoms with van der Waals surface area (Å²) in [4.78, 5) is 20.3. The molecule has 0 bridgehead atoms. The molecule has 0 aliphatic carbocycles. The lowest BCUT2D eigenvalue weighted by Crippen LogP contribution is -2.26. The number of imidazole rings is 1. The van der Waals surface area contributed by atoms with Gasteiger partial charge in [0, 0.05) is 30.7 Å². The lowest BCUT2D eigenvalue weighted by atomic mass is 10.0. The largest absolute Gasteiger partial charge is 0.434 e. The Morgan fingerprint density at radius 2 is 2.00 bits per heavy atom. The van der Waals surface area contributed by atoms with Gasteiger partial charge >= 0.3 is 6.18 Å². The number of benzene rings is 1. The predicted molar refractivity (Wildman–Crippen MR) is 115 cm³/mol. The van der Waals surface area contributed by atoms with Crippen molar-refractivity contribution in [2.45, 2.75) is 44.5 Å². The third-order valence-electron chi connectivity index (χ3n) is 5.86. The highest BCUT2D eigenvalue weighted by atomic mass is 19.4. The second kappa shape index (κ2) is 8.08. The van der Waals surface area contributed by atoms with Gasteiger partial charge in [-0.2, -0.15) is 13.2 Å². The maximum atomic E-state index is 12.9. The van der Waals surface area contributed by atoms with Crippen LogP contribution in [0.2, 0.25) is 0 Å². The molecule has 0 unspecified atom stereocenters. The van der Waals surface area contributed by atoms with Crippen molar-refractivity contribution in [3.05, 3.63) is 65.4 Å². The van der Waals surface area contributed by atoms with Gasteiger partial charge in [-0.05, 0) is 31.9 Å². The smallest absolute Gasteiger partial charge is 0.378 e. The van der Waals surface area contributed by atoms with Gasteiger partial charge in [-0.25, -0.2) is 14.8 Å². The molecule has 1 aliphatic heterocycles. The Balaban J connectivity index is 1.67. The molecule has 5 rings (SSSR count). The Kier molecular flexibility index (Phi) is 5.21. The summed E-state index contributed by atoms with van der Waals surface area (Å²) in [5.41, 5.74) is 2.13. The summed E-state index contributed by atoms with van der Waals surface area (Å²) in [6, 6.07) is 5.43. The van der Waals surface area contributed by atoms with E-state index in [2.05, 4.69) is 24.4 Å². The average Bonchev–Trinajstić information content (AvgIpc) is 3.17. The van der Waals surface area contributed by atoms with Crippen molar-refractivity contribution >= 4 is 27.6 Å². The van der Waals surface area contributed by atoms with Crippen LogP contribution in [0.3, 0.4) is 0 Å². The molecule has 1 aromatic carbocycles. The lowest BCUT2D eigenvalue weighted by molar-refractivity contribution is -0.141. The molecule has 168 valence electrons. The van der Waals surface area contributed by atoms with Gasteiger partial charge in [0.25, 0.3) is 0 Å². The van der Waals surface area contributed by atoms with Crippen LogP contribution in [0.5, 0.6) is 0 Å². The van der Waals surface area contributed by atoms with E-state index in [0.717, 1.165) is 41.7 Å². The third kappa shape index (κ3) is 4.00. The molecule has 1 aliphatic rings. The topological polar surface area (TPSA) is 70.1 Å². The zero-order valence-corrected chi connectivity index (χ0v) is 17.7. The highest BCUT2D eigenvalue weighted by molar-refractivity contribution is 6.03. The van der Waals surface area contributed by atoms with E-state index in [1.165, 1.54) is 0 Å². The minimum atomic E-state index is -4.54. The first-order valence-electron chi connectivity index (χ1n) is 10.5. The Bertz CT molecular complexity index is 1370. The van der Waals surface area contributed by atoms with Crippen LogP contribution >= 0.6 is 0 Å². The summed E-state index contributed by atoms with van der Waals surface area (Å²) in [5.74, 6) is 0.667. The molecule has 0 spiro atoms. The SMILES string of the molecule is [C-]#[N+]c1ccc2ncc3nc(Cc4cnc(C(F)(F)F)cn4)n([C@@H]4CCO[C@H](C)C4)c3c2c1. The van der Waals surface area contributed by atoms with Crippen molar-refractivity contribution in [1.29, 1.82) is 0 Å². The van der Waals surface area contributed by atoms with Crippen LogP contribution < -0.4 is 0 Å². The van der Waals surface area contributed by atoms with Crippen molar-refractivity contribution in [1.82, 2.24) is 24.5 Å².